The van der Waals surface area contributed by atoms with Gasteiger partial charge in [0.1, 0.15) is 30.5 Å². The summed E-state index contributed by atoms with van der Waals surface area (Å²) in [5.74, 6) is -1.67. The number of hydrogen-bond donors (Lipinski definition) is 7. The van der Waals surface area contributed by atoms with Gasteiger partial charge in [0.25, 0.3) is 0 Å². The molecule has 5 unspecified atom stereocenters. The van der Waals surface area contributed by atoms with Crippen LogP contribution >= 0.6 is 0 Å². The maximum atomic E-state index is 12.4. The number of aliphatic hydroxyl groups excluding tert-OH is 6. The highest BCUT2D eigenvalue weighted by Gasteiger charge is 2.85. The Morgan fingerprint density at radius 3 is 2.05 bits per heavy atom. The first kappa shape index (κ1) is 46.0. The molecule has 2 spiro atoms. The third kappa shape index (κ3) is 6.89. The SMILES string of the molecule is CC(=O)O[C@@H]1[C@@H](OC(C)=O)[C@H](O[C@H]2CCC34CC35CC[C@]3(C)C([C@@]6(C)CC[C@@H](C(C)(C)O)O6)[C@@H](O)C[C@@]3(C)C5C[C@H](O[C@@H]3O[C@H](CO)[C@@H](O)[C@H](O)[C@H]3O)C4C2(C)C)OC[C@H]1O. The number of aliphatic hydroxyl groups is 7. The van der Waals surface area contributed by atoms with Crippen molar-refractivity contribution in [2.75, 3.05) is 13.2 Å². The van der Waals surface area contributed by atoms with Gasteiger partial charge in [0.05, 0.1) is 48.8 Å². The number of fused-ring (bicyclic) bond motifs is 2. The molecular weight excluding hydrogens is 796 g/mol. The minimum absolute atomic E-state index is 0.0638. The molecule has 3 saturated heterocycles. The molecule has 348 valence electrons. The van der Waals surface area contributed by atoms with Crippen LogP contribution in [0.1, 0.15) is 120 Å². The summed E-state index contributed by atoms with van der Waals surface area (Å²) in [5, 5.41) is 77.1. The third-order valence-corrected chi connectivity index (χ3v) is 18.2. The fourth-order valence-electron chi connectivity index (χ4n) is 15.5. The fraction of sp³-hybridized carbons (Fsp3) is 0.956. The number of carbonyl (C=O) groups is 2. The highest BCUT2D eigenvalue weighted by molar-refractivity contribution is 5.67. The highest BCUT2D eigenvalue weighted by atomic mass is 16.7. The normalized spacial score (nSPS) is 53.8. The standard InChI is InChI=1S/C45H72O16/c1-21(47)56-33-24(50)19-55-38(34(33)57-22(2)48)60-28-11-13-45-20-44(45)15-14-41(7)35(43(9)12-10-29(61-43)40(5,6)54)23(49)17-42(41,8)27(44)16-25(36(45)39(28,3)4)58-37-32(53)31(52)30(51)26(18-46)59-37/h23-38,46,49-54H,10-20H2,1-9H3/t23-,24+,25-,26+,27?,28-,29-,30+,31-,32+,33-,34+,35?,36?,37+,38-,41+,42-,43+,44?,45?/m0/s1. The Balaban J connectivity index is 1.15. The van der Waals surface area contributed by atoms with Crippen molar-refractivity contribution >= 4 is 11.9 Å². The number of ether oxygens (including phenoxy) is 7. The molecule has 0 aromatic carbocycles. The van der Waals surface area contributed by atoms with Crippen molar-refractivity contribution in [3.8, 4) is 0 Å². The predicted molar refractivity (Wildman–Crippen MR) is 213 cm³/mol. The van der Waals surface area contributed by atoms with Gasteiger partial charge in [0.15, 0.2) is 24.8 Å². The molecular formula is C45H72O16. The molecule has 21 atom stereocenters. The smallest absolute Gasteiger partial charge is 0.303 e. The van der Waals surface area contributed by atoms with Crippen molar-refractivity contribution < 1.29 is 78.5 Å². The second-order valence-corrected chi connectivity index (χ2v) is 22.2. The molecule has 3 aliphatic heterocycles. The molecule has 16 nitrogen and oxygen atoms in total. The molecule has 7 N–H and O–H groups in total. The largest absolute Gasteiger partial charge is 0.455 e. The van der Waals surface area contributed by atoms with Crippen LogP contribution in [-0.2, 0) is 42.7 Å². The quantitative estimate of drug-likeness (QED) is 0.129. The summed E-state index contributed by atoms with van der Waals surface area (Å²) in [6.45, 7) is 16.1. The lowest BCUT2D eigenvalue weighted by Crippen LogP contribution is -2.65. The van der Waals surface area contributed by atoms with E-state index in [1.165, 1.54) is 13.8 Å². The topological polar surface area (TPSA) is 240 Å². The van der Waals surface area contributed by atoms with Crippen LogP contribution in [-0.4, -0.2) is 152 Å². The minimum atomic E-state index is -1.63. The first-order chi connectivity index (χ1) is 28.3. The van der Waals surface area contributed by atoms with Gasteiger partial charge in [-0.2, -0.15) is 0 Å². The summed E-state index contributed by atoms with van der Waals surface area (Å²) in [7, 11) is 0. The second-order valence-electron chi connectivity index (χ2n) is 22.2. The summed E-state index contributed by atoms with van der Waals surface area (Å²) in [6.07, 6.45) is -7.80. The molecule has 61 heavy (non-hydrogen) atoms. The fourth-order valence-corrected chi connectivity index (χ4v) is 15.5. The Bertz CT molecular complexity index is 1680. The average molecular weight is 869 g/mol. The Morgan fingerprint density at radius 1 is 0.754 bits per heavy atom. The minimum Gasteiger partial charge on any atom is -0.455 e. The molecule has 8 rings (SSSR count). The Morgan fingerprint density at radius 2 is 1.43 bits per heavy atom. The monoisotopic (exact) mass is 868 g/mol. The molecule has 0 bridgehead atoms. The summed E-state index contributed by atoms with van der Waals surface area (Å²) in [6, 6.07) is 0. The zero-order valence-corrected chi connectivity index (χ0v) is 37.3. The summed E-state index contributed by atoms with van der Waals surface area (Å²) >= 11 is 0. The van der Waals surface area contributed by atoms with Crippen LogP contribution < -0.4 is 0 Å². The number of hydrogen-bond acceptors (Lipinski definition) is 16. The average Bonchev–Trinajstić information content (AvgIpc) is 3.52. The van der Waals surface area contributed by atoms with E-state index in [0.717, 1.165) is 32.1 Å². The van der Waals surface area contributed by atoms with Crippen LogP contribution in [0.3, 0.4) is 0 Å². The highest BCUT2D eigenvalue weighted by Crippen LogP contribution is 2.89. The van der Waals surface area contributed by atoms with E-state index >= 15 is 0 Å². The summed E-state index contributed by atoms with van der Waals surface area (Å²) in [4.78, 5) is 24.5. The first-order valence-electron chi connectivity index (χ1n) is 22.6. The van der Waals surface area contributed by atoms with Gasteiger partial charge < -0.3 is 68.9 Å². The van der Waals surface area contributed by atoms with Crippen molar-refractivity contribution in [3.05, 3.63) is 0 Å². The van der Waals surface area contributed by atoms with E-state index in [1.54, 1.807) is 13.8 Å². The molecule has 0 aromatic rings. The van der Waals surface area contributed by atoms with E-state index in [4.69, 9.17) is 33.2 Å². The van der Waals surface area contributed by atoms with E-state index in [2.05, 4.69) is 34.6 Å². The van der Waals surface area contributed by atoms with Gasteiger partial charge in [-0.25, -0.2) is 0 Å². The van der Waals surface area contributed by atoms with Gasteiger partial charge in [-0.3, -0.25) is 9.59 Å². The van der Waals surface area contributed by atoms with Crippen LogP contribution in [0.4, 0.5) is 0 Å². The molecule has 3 heterocycles. The predicted octanol–water partition coefficient (Wildman–Crippen LogP) is 1.87. The van der Waals surface area contributed by atoms with E-state index in [9.17, 15) is 45.3 Å². The van der Waals surface area contributed by atoms with Gasteiger partial charge >= 0.3 is 11.9 Å². The summed E-state index contributed by atoms with van der Waals surface area (Å²) < 4.78 is 43.6. The molecule has 16 heteroatoms. The third-order valence-electron chi connectivity index (χ3n) is 18.2. The zero-order chi connectivity index (χ0) is 44.6. The van der Waals surface area contributed by atoms with Crippen LogP contribution in [0.25, 0.3) is 0 Å². The molecule has 8 aliphatic rings. The van der Waals surface area contributed by atoms with Gasteiger partial charge in [0.2, 0.25) is 0 Å². The van der Waals surface area contributed by atoms with Gasteiger partial charge in [0, 0.05) is 19.8 Å². The molecule has 5 saturated carbocycles. The van der Waals surface area contributed by atoms with E-state index in [-0.39, 0.29) is 52.1 Å². The maximum Gasteiger partial charge on any atom is 0.303 e. The zero-order valence-electron chi connectivity index (χ0n) is 37.3. The first-order valence-corrected chi connectivity index (χ1v) is 22.6. The molecule has 8 fully saturated rings. The van der Waals surface area contributed by atoms with Crippen LogP contribution in [0.2, 0.25) is 0 Å². The van der Waals surface area contributed by atoms with Crippen molar-refractivity contribution in [3.63, 3.8) is 0 Å². The van der Waals surface area contributed by atoms with Crippen LogP contribution in [0.5, 0.6) is 0 Å². The van der Waals surface area contributed by atoms with E-state index in [0.29, 0.717) is 25.7 Å². The lowest BCUT2D eigenvalue weighted by molar-refractivity contribution is -0.339. The lowest BCUT2D eigenvalue weighted by Gasteiger charge is -2.65. The van der Waals surface area contributed by atoms with Gasteiger partial charge in [-0.05, 0) is 117 Å². The Hall–Kier alpha value is -1.54. The van der Waals surface area contributed by atoms with Gasteiger partial charge in [-0.1, -0.05) is 27.7 Å². The van der Waals surface area contributed by atoms with E-state index in [1.807, 2.05) is 0 Å². The molecule has 0 aromatic heterocycles. The van der Waals surface area contributed by atoms with Gasteiger partial charge in [-0.15, -0.1) is 0 Å². The number of rotatable bonds is 9. The molecule has 0 amide bonds. The van der Waals surface area contributed by atoms with Crippen molar-refractivity contribution in [1.82, 2.24) is 0 Å². The summed E-state index contributed by atoms with van der Waals surface area (Å²) in [5.41, 5.74) is -3.46. The molecule has 0 radical (unpaired) electrons. The maximum absolute atomic E-state index is 12.4. The molecule has 5 aliphatic carbocycles. The van der Waals surface area contributed by atoms with Crippen molar-refractivity contribution in [2.24, 2.45) is 44.8 Å². The van der Waals surface area contributed by atoms with Crippen LogP contribution in [0, 0.1) is 44.8 Å². The van der Waals surface area contributed by atoms with Crippen LogP contribution in [0.15, 0.2) is 0 Å². The number of carbonyl (C=O) groups excluding carboxylic acids is 2. The van der Waals surface area contributed by atoms with E-state index < -0.39 is 109 Å². The Kier molecular flexibility index (Phi) is 11.5. The Labute approximate surface area is 358 Å². The van der Waals surface area contributed by atoms with Crippen molar-refractivity contribution in [2.45, 2.75) is 211 Å². The number of esters is 2. The lowest BCUT2D eigenvalue weighted by atomic mass is 9.41. The van der Waals surface area contributed by atoms with Crippen molar-refractivity contribution in [1.29, 1.82) is 0 Å². The second kappa shape index (κ2) is 15.3.